The lowest BCUT2D eigenvalue weighted by molar-refractivity contribution is -0.143. The van der Waals surface area contributed by atoms with Crippen molar-refractivity contribution in [2.45, 2.75) is 33.1 Å². The lowest BCUT2D eigenvalue weighted by Gasteiger charge is -2.14. The first-order valence-corrected chi connectivity index (χ1v) is 12.5. The van der Waals surface area contributed by atoms with Crippen LogP contribution in [0, 0.1) is 5.92 Å². The van der Waals surface area contributed by atoms with Crippen molar-refractivity contribution in [3.8, 4) is 11.1 Å². The van der Waals surface area contributed by atoms with E-state index in [1.54, 1.807) is 0 Å². The van der Waals surface area contributed by atoms with Crippen molar-refractivity contribution < 1.29 is 29.0 Å². The number of hydrogen-bond acceptors (Lipinski definition) is 6. The summed E-state index contributed by atoms with van der Waals surface area (Å²) in [5, 5.41) is 11.1. The predicted octanol–water partition coefficient (Wildman–Crippen LogP) is 4.94. The zero-order chi connectivity index (χ0) is 24.9. The van der Waals surface area contributed by atoms with Gasteiger partial charge in [-0.25, -0.2) is 4.79 Å². The quantitative estimate of drug-likeness (QED) is 0.362. The number of fused-ring (bicyclic) bond motifs is 3. The fraction of sp³-hybridized carbons (Fsp3) is 0.423. The molecule has 2 N–H and O–H groups in total. The molecule has 0 saturated carbocycles. The smallest absolute Gasteiger partial charge is 0.407 e. The molecule has 2 aromatic rings. The zero-order valence-electron chi connectivity index (χ0n) is 19.9. The Labute approximate surface area is 205 Å². The van der Waals surface area contributed by atoms with E-state index in [2.05, 4.69) is 50.4 Å². The van der Waals surface area contributed by atoms with Crippen molar-refractivity contribution in [2.75, 3.05) is 31.3 Å². The van der Waals surface area contributed by atoms with Gasteiger partial charge in [-0.15, -0.1) is 11.8 Å². The third kappa shape index (κ3) is 9.09. The van der Waals surface area contributed by atoms with Crippen molar-refractivity contribution in [2.24, 2.45) is 5.92 Å². The average molecular weight is 488 g/mol. The summed E-state index contributed by atoms with van der Waals surface area (Å²) < 4.78 is 10.4. The number of alkyl carbamates (subject to hydrolysis) is 1. The van der Waals surface area contributed by atoms with E-state index >= 15 is 0 Å². The van der Waals surface area contributed by atoms with Crippen LogP contribution in [0.5, 0.6) is 0 Å². The minimum atomic E-state index is -0.916. The third-order valence-corrected chi connectivity index (χ3v) is 5.60. The van der Waals surface area contributed by atoms with E-state index in [9.17, 15) is 14.4 Å². The molecule has 0 radical (unpaired) electrons. The van der Waals surface area contributed by atoms with Crippen LogP contribution in [0.4, 0.5) is 4.79 Å². The summed E-state index contributed by atoms with van der Waals surface area (Å²) >= 11 is 1.15. The van der Waals surface area contributed by atoms with E-state index in [-0.39, 0.29) is 37.9 Å². The summed E-state index contributed by atoms with van der Waals surface area (Å²) in [7, 11) is 0. The van der Waals surface area contributed by atoms with Gasteiger partial charge in [-0.3, -0.25) is 9.59 Å². The summed E-state index contributed by atoms with van der Waals surface area (Å²) in [6.45, 7) is 6.90. The Hall–Kier alpha value is -3.00. The van der Waals surface area contributed by atoms with E-state index in [4.69, 9.17) is 14.6 Å². The number of carboxylic acid groups (broad SMARTS) is 1. The summed E-state index contributed by atoms with van der Waals surface area (Å²) in [6, 6.07) is 16.2. The highest BCUT2D eigenvalue weighted by Gasteiger charge is 2.28. The van der Waals surface area contributed by atoms with E-state index in [1.807, 2.05) is 24.3 Å². The maximum Gasteiger partial charge on any atom is 0.407 e. The number of rotatable bonds is 10. The van der Waals surface area contributed by atoms with Gasteiger partial charge in [-0.05, 0) is 28.2 Å². The molecule has 0 unspecified atom stereocenters. The number of aliphatic carboxylic acids is 1. The highest BCUT2D eigenvalue weighted by atomic mass is 32.2. The number of esters is 1. The molecule has 1 aliphatic carbocycles. The van der Waals surface area contributed by atoms with Gasteiger partial charge in [-0.2, -0.15) is 0 Å². The van der Waals surface area contributed by atoms with Crippen LogP contribution in [0.25, 0.3) is 11.1 Å². The number of benzene rings is 2. The molecule has 184 valence electrons. The molecule has 0 aliphatic heterocycles. The molecular weight excluding hydrogens is 454 g/mol. The zero-order valence-corrected chi connectivity index (χ0v) is 20.7. The van der Waals surface area contributed by atoms with Gasteiger partial charge >= 0.3 is 18.0 Å². The first-order valence-electron chi connectivity index (χ1n) is 11.3. The molecule has 8 heteroatoms. The number of amides is 1. The van der Waals surface area contributed by atoms with Gasteiger partial charge in [0.1, 0.15) is 13.2 Å². The van der Waals surface area contributed by atoms with Crippen molar-refractivity contribution >= 4 is 29.8 Å². The molecule has 34 heavy (non-hydrogen) atoms. The van der Waals surface area contributed by atoms with Crippen molar-refractivity contribution in [1.82, 2.24) is 5.32 Å². The van der Waals surface area contributed by atoms with Crippen molar-refractivity contribution in [1.29, 1.82) is 0 Å². The third-order valence-electron chi connectivity index (χ3n) is 4.65. The second kappa shape index (κ2) is 14.3. The predicted molar refractivity (Wildman–Crippen MR) is 134 cm³/mol. The van der Waals surface area contributed by atoms with E-state index < -0.39 is 18.0 Å². The number of nitrogens with one attached hydrogen (secondary N) is 1. The SMILES string of the molecule is CC(C)C.O=C(O)CSCCC(=O)OCCNC(=O)OCC1c2ccccc2-c2ccccc21. The van der Waals surface area contributed by atoms with Crippen molar-refractivity contribution in [3.63, 3.8) is 0 Å². The van der Waals surface area contributed by atoms with E-state index in [0.29, 0.717) is 5.75 Å². The van der Waals surface area contributed by atoms with Crippen LogP contribution in [0.1, 0.15) is 44.2 Å². The van der Waals surface area contributed by atoms with Crippen molar-refractivity contribution in [3.05, 3.63) is 59.7 Å². The largest absolute Gasteiger partial charge is 0.481 e. The van der Waals surface area contributed by atoms with Gasteiger partial charge in [-0.1, -0.05) is 69.3 Å². The Morgan fingerprint density at radius 3 is 2.09 bits per heavy atom. The lowest BCUT2D eigenvalue weighted by atomic mass is 9.98. The Balaban J connectivity index is 0.000000945. The highest BCUT2D eigenvalue weighted by molar-refractivity contribution is 7.99. The maximum atomic E-state index is 12.0. The normalized spacial score (nSPS) is 11.6. The second-order valence-corrected chi connectivity index (χ2v) is 9.51. The Morgan fingerprint density at radius 1 is 0.971 bits per heavy atom. The Kier molecular flexibility index (Phi) is 11.5. The molecule has 0 spiro atoms. The van der Waals surface area contributed by atoms with Crippen LogP contribution >= 0.6 is 11.8 Å². The average Bonchev–Trinajstić information content (AvgIpc) is 3.11. The standard InChI is InChI=1S/C22H23NO6S.C4H10/c24-20(25)14-30-12-9-21(26)28-11-10-23-22(27)29-13-19-17-7-3-1-5-15(17)16-6-2-4-8-18(16)19;1-4(2)3/h1-8,19H,9-14H2,(H,23,27)(H,24,25);4H,1-3H3. The van der Waals surface area contributed by atoms with E-state index in [1.165, 1.54) is 0 Å². The maximum absolute atomic E-state index is 12.0. The molecule has 0 heterocycles. The molecule has 3 rings (SSSR count). The number of carboxylic acids is 1. The summed E-state index contributed by atoms with van der Waals surface area (Å²) in [5.41, 5.74) is 4.61. The number of thioether (sulfide) groups is 1. The minimum Gasteiger partial charge on any atom is -0.481 e. The molecule has 0 aromatic heterocycles. The Morgan fingerprint density at radius 2 is 1.53 bits per heavy atom. The highest BCUT2D eigenvalue weighted by Crippen LogP contribution is 2.44. The molecule has 0 saturated heterocycles. The summed E-state index contributed by atoms with van der Waals surface area (Å²) in [5.74, 6) is -0.186. The van der Waals surface area contributed by atoms with Crippen LogP contribution < -0.4 is 5.32 Å². The molecule has 0 atom stereocenters. The number of carbonyl (C=O) groups excluding carboxylic acids is 2. The van der Waals surface area contributed by atoms with Gasteiger partial charge in [0.2, 0.25) is 0 Å². The van der Waals surface area contributed by atoms with Gasteiger partial charge in [0.25, 0.3) is 0 Å². The van der Waals surface area contributed by atoms with Gasteiger partial charge < -0.3 is 19.9 Å². The fourth-order valence-corrected chi connectivity index (χ4v) is 3.98. The second-order valence-electron chi connectivity index (χ2n) is 8.40. The van der Waals surface area contributed by atoms with Crippen LogP contribution in [-0.2, 0) is 19.1 Å². The first-order chi connectivity index (χ1) is 16.3. The summed E-state index contributed by atoms with van der Waals surface area (Å²) in [6.07, 6.45) is -0.437. The lowest BCUT2D eigenvalue weighted by Crippen LogP contribution is -2.29. The molecule has 0 bridgehead atoms. The molecule has 1 aliphatic rings. The van der Waals surface area contributed by atoms with Gasteiger partial charge in [0, 0.05) is 11.7 Å². The molecule has 7 nitrogen and oxygen atoms in total. The topological polar surface area (TPSA) is 102 Å². The Bertz CT molecular complexity index is 914. The molecule has 0 fully saturated rings. The fourth-order valence-electron chi connectivity index (χ4n) is 3.35. The van der Waals surface area contributed by atoms with Crippen LogP contribution in [-0.4, -0.2) is 54.4 Å². The summed E-state index contributed by atoms with van der Waals surface area (Å²) in [4.78, 5) is 33.9. The van der Waals surface area contributed by atoms with Crippen LogP contribution in [0.3, 0.4) is 0 Å². The molecule has 2 aromatic carbocycles. The number of carbonyl (C=O) groups is 3. The van der Waals surface area contributed by atoms with Gasteiger partial charge in [0.05, 0.1) is 18.7 Å². The number of ether oxygens (including phenoxy) is 2. The van der Waals surface area contributed by atoms with Gasteiger partial charge in [0.15, 0.2) is 0 Å². The molecule has 1 amide bonds. The van der Waals surface area contributed by atoms with Crippen LogP contribution in [0.15, 0.2) is 48.5 Å². The minimum absolute atomic E-state index is 0.00993. The molecular formula is C26H33NO6S. The number of hydrogen-bond donors (Lipinski definition) is 2. The first kappa shape index (κ1) is 27.2. The van der Waals surface area contributed by atoms with Crippen LogP contribution in [0.2, 0.25) is 0 Å². The van der Waals surface area contributed by atoms with E-state index in [0.717, 1.165) is 39.9 Å². The monoisotopic (exact) mass is 487 g/mol.